The van der Waals surface area contributed by atoms with Crippen molar-refractivity contribution in [1.82, 2.24) is 4.90 Å². The second-order valence-corrected chi connectivity index (χ2v) is 8.25. The maximum Gasteiger partial charge on any atom is 0.290 e. The second kappa shape index (κ2) is 14.9. The molecule has 0 spiro atoms. The number of carbonyl (C=O) groups is 2. The number of Topliss-reactive ketones (excluding diaryl/α,β-unsaturated/α-hetero) is 1. The maximum atomic E-state index is 12.1. The molecular formula is C24H43NO2. The topological polar surface area (TPSA) is 37.4 Å². The van der Waals surface area contributed by atoms with Gasteiger partial charge in [-0.05, 0) is 26.2 Å². The van der Waals surface area contributed by atoms with Gasteiger partial charge < -0.3 is 4.90 Å². The fraction of sp³-hybridized carbons (Fsp3) is 0.833. The van der Waals surface area contributed by atoms with Crippen LogP contribution in [0.4, 0.5) is 0 Å². The molecule has 0 aromatic heterocycles. The van der Waals surface area contributed by atoms with Crippen LogP contribution in [0.5, 0.6) is 0 Å². The van der Waals surface area contributed by atoms with Crippen LogP contribution in [0.3, 0.4) is 0 Å². The Kier molecular flexibility index (Phi) is 13.2. The van der Waals surface area contributed by atoms with E-state index < -0.39 is 0 Å². The van der Waals surface area contributed by atoms with Gasteiger partial charge in [-0.3, -0.25) is 9.59 Å². The number of nitrogens with zero attached hydrogens (tertiary/aromatic N) is 1. The van der Waals surface area contributed by atoms with E-state index in [0.29, 0.717) is 13.0 Å². The molecule has 0 bridgehead atoms. The second-order valence-electron chi connectivity index (χ2n) is 8.25. The van der Waals surface area contributed by atoms with Gasteiger partial charge >= 0.3 is 0 Å². The van der Waals surface area contributed by atoms with Crippen LogP contribution >= 0.6 is 0 Å². The van der Waals surface area contributed by atoms with Crippen molar-refractivity contribution in [2.24, 2.45) is 0 Å². The number of allylic oxidation sites excluding steroid dienone is 1. The van der Waals surface area contributed by atoms with Gasteiger partial charge in [0.1, 0.15) is 0 Å². The molecule has 0 N–H and O–H groups in total. The summed E-state index contributed by atoms with van der Waals surface area (Å²) in [6.07, 6.45) is 20.8. The molecule has 1 aliphatic heterocycles. The summed E-state index contributed by atoms with van der Waals surface area (Å²) in [4.78, 5) is 25.4. The maximum absolute atomic E-state index is 12.1. The van der Waals surface area contributed by atoms with Crippen molar-refractivity contribution in [3.63, 3.8) is 0 Å². The van der Waals surface area contributed by atoms with Crippen LogP contribution in [0.1, 0.15) is 117 Å². The van der Waals surface area contributed by atoms with Gasteiger partial charge in [0.15, 0.2) is 0 Å². The summed E-state index contributed by atoms with van der Waals surface area (Å²) in [6.45, 7) is 7.15. The van der Waals surface area contributed by atoms with E-state index in [1.165, 1.54) is 76.2 Å². The average Bonchev–Trinajstić information content (AvgIpc) is 2.99. The SMILES string of the molecule is CCCCCCCCCCCCCC=C(C)C(CCC)N1CCC(=O)C1=O. The minimum atomic E-state index is -0.268. The number of likely N-dealkylation sites (tertiary alicyclic amines) is 1. The number of carbonyl (C=O) groups excluding carboxylic acids is 2. The Hall–Kier alpha value is -1.12. The zero-order valence-electron chi connectivity index (χ0n) is 18.2. The Morgan fingerprint density at radius 1 is 0.889 bits per heavy atom. The third-order valence-electron chi connectivity index (χ3n) is 5.82. The Morgan fingerprint density at radius 3 is 1.93 bits per heavy atom. The van der Waals surface area contributed by atoms with Crippen molar-refractivity contribution < 1.29 is 9.59 Å². The Bertz CT molecular complexity index is 455. The monoisotopic (exact) mass is 377 g/mol. The molecule has 3 nitrogen and oxygen atoms in total. The number of unbranched alkanes of at least 4 members (excludes halogenated alkanes) is 11. The first-order chi connectivity index (χ1) is 13.1. The molecule has 0 aromatic carbocycles. The van der Waals surface area contributed by atoms with Gasteiger partial charge in [-0.2, -0.15) is 0 Å². The number of ketones is 1. The van der Waals surface area contributed by atoms with Gasteiger partial charge in [0.25, 0.3) is 5.91 Å². The predicted octanol–water partition coefficient (Wildman–Crippen LogP) is 6.60. The normalized spacial score (nSPS) is 16.4. The van der Waals surface area contributed by atoms with Crippen LogP contribution < -0.4 is 0 Å². The van der Waals surface area contributed by atoms with E-state index in [9.17, 15) is 9.59 Å². The third-order valence-corrected chi connectivity index (χ3v) is 5.82. The summed E-state index contributed by atoms with van der Waals surface area (Å²) in [7, 11) is 0. The van der Waals surface area contributed by atoms with E-state index in [1.807, 2.05) is 0 Å². The van der Waals surface area contributed by atoms with E-state index in [1.54, 1.807) is 4.90 Å². The highest BCUT2D eigenvalue weighted by Gasteiger charge is 2.34. The van der Waals surface area contributed by atoms with Crippen molar-refractivity contribution in [2.45, 2.75) is 123 Å². The van der Waals surface area contributed by atoms with Crippen LogP contribution in [0.2, 0.25) is 0 Å². The van der Waals surface area contributed by atoms with E-state index in [-0.39, 0.29) is 17.7 Å². The van der Waals surface area contributed by atoms with E-state index in [4.69, 9.17) is 0 Å². The Labute approximate surface area is 168 Å². The van der Waals surface area contributed by atoms with Crippen molar-refractivity contribution in [1.29, 1.82) is 0 Å². The molecule has 1 rings (SSSR count). The minimum absolute atomic E-state index is 0.127. The standard InChI is InChI=1S/C24H43NO2/c1-4-6-7-8-9-10-11-12-13-14-15-16-18-21(3)22(17-5-2)25-20-19-23(26)24(25)27/h18,22H,4-17,19-20H2,1-3H3. The highest BCUT2D eigenvalue weighted by atomic mass is 16.2. The fourth-order valence-corrected chi connectivity index (χ4v) is 4.07. The molecule has 27 heavy (non-hydrogen) atoms. The zero-order chi connectivity index (χ0) is 19.9. The average molecular weight is 378 g/mol. The van der Waals surface area contributed by atoms with Crippen molar-refractivity contribution in [3.8, 4) is 0 Å². The zero-order valence-corrected chi connectivity index (χ0v) is 18.2. The lowest BCUT2D eigenvalue weighted by Gasteiger charge is -2.28. The van der Waals surface area contributed by atoms with Crippen molar-refractivity contribution in [3.05, 3.63) is 11.6 Å². The molecule has 1 atom stereocenters. The molecule has 1 aliphatic rings. The molecule has 1 heterocycles. The molecule has 3 heteroatoms. The highest BCUT2D eigenvalue weighted by Crippen LogP contribution is 2.22. The first-order valence-electron chi connectivity index (χ1n) is 11.6. The largest absolute Gasteiger partial charge is 0.329 e. The lowest BCUT2D eigenvalue weighted by atomic mass is 10.00. The molecule has 0 aromatic rings. The molecule has 1 saturated heterocycles. The van der Waals surface area contributed by atoms with E-state index in [2.05, 4.69) is 26.8 Å². The smallest absolute Gasteiger partial charge is 0.290 e. The molecule has 0 aliphatic carbocycles. The molecule has 0 radical (unpaired) electrons. The van der Waals surface area contributed by atoms with Crippen LogP contribution in [-0.4, -0.2) is 29.2 Å². The Morgan fingerprint density at radius 2 is 1.44 bits per heavy atom. The summed E-state index contributed by atoms with van der Waals surface area (Å²) < 4.78 is 0. The third kappa shape index (κ3) is 9.58. The van der Waals surface area contributed by atoms with Crippen LogP contribution in [0.25, 0.3) is 0 Å². The van der Waals surface area contributed by atoms with Crippen molar-refractivity contribution >= 4 is 11.7 Å². The number of hydrogen-bond donors (Lipinski definition) is 0. The first kappa shape index (κ1) is 23.9. The van der Waals surface area contributed by atoms with E-state index in [0.717, 1.165) is 19.3 Å². The summed E-state index contributed by atoms with van der Waals surface area (Å²) in [5, 5.41) is 0. The molecule has 1 amide bonds. The summed E-state index contributed by atoms with van der Waals surface area (Å²) in [5.41, 5.74) is 1.27. The van der Waals surface area contributed by atoms with Gasteiger partial charge in [0.05, 0.1) is 6.04 Å². The molecule has 156 valence electrons. The van der Waals surface area contributed by atoms with Crippen LogP contribution in [0, 0.1) is 0 Å². The van der Waals surface area contributed by atoms with Crippen LogP contribution in [0.15, 0.2) is 11.6 Å². The minimum Gasteiger partial charge on any atom is -0.329 e. The van der Waals surface area contributed by atoms with Gasteiger partial charge in [0, 0.05) is 13.0 Å². The lowest BCUT2D eigenvalue weighted by molar-refractivity contribution is -0.140. The lowest BCUT2D eigenvalue weighted by Crippen LogP contribution is -2.38. The summed E-state index contributed by atoms with van der Waals surface area (Å²) >= 11 is 0. The van der Waals surface area contributed by atoms with Crippen molar-refractivity contribution in [2.75, 3.05) is 6.54 Å². The van der Waals surface area contributed by atoms with Gasteiger partial charge in [-0.15, -0.1) is 0 Å². The molecule has 1 unspecified atom stereocenters. The quantitative estimate of drug-likeness (QED) is 0.172. The number of rotatable bonds is 16. The molecule has 0 saturated carbocycles. The molecule has 1 fully saturated rings. The van der Waals surface area contributed by atoms with E-state index >= 15 is 0 Å². The first-order valence-corrected chi connectivity index (χ1v) is 11.6. The van der Waals surface area contributed by atoms with Gasteiger partial charge in [-0.1, -0.05) is 96.1 Å². The predicted molar refractivity (Wildman–Crippen MR) is 115 cm³/mol. The number of hydrogen-bond acceptors (Lipinski definition) is 2. The summed E-state index contributed by atoms with van der Waals surface area (Å²) in [5.74, 6) is -0.481. The van der Waals surface area contributed by atoms with Gasteiger partial charge in [0.2, 0.25) is 5.78 Å². The van der Waals surface area contributed by atoms with Crippen LogP contribution in [-0.2, 0) is 9.59 Å². The molecular weight excluding hydrogens is 334 g/mol. The van der Waals surface area contributed by atoms with Gasteiger partial charge in [-0.25, -0.2) is 0 Å². The fourth-order valence-electron chi connectivity index (χ4n) is 4.07. The summed E-state index contributed by atoms with van der Waals surface area (Å²) in [6, 6.07) is 0.127. The highest BCUT2D eigenvalue weighted by molar-refractivity contribution is 6.38. The number of amides is 1. The Balaban J connectivity index is 2.16.